The van der Waals surface area contributed by atoms with E-state index in [1.165, 1.54) is 0 Å². The molecular formula is C24H39NO7. The zero-order chi connectivity index (χ0) is 22.8. The van der Waals surface area contributed by atoms with Crippen LogP contribution in [0.1, 0.15) is 26.2 Å². The van der Waals surface area contributed by atoms with Crippen molar-refractivity contribution in [3.8, 4) is 0 Å². The van der Waals surface area contributed by atoms with Crippen molar-refractivity contribution in [3.05, 3.63) is 0 Å². The number of aliphatic hydroxyl groups is 4. The van der Waals surface area contributed by atoms with Crippen molar-refractivity contribution in [3.63, 3.8) is 0 Å². The van der Waals surface area contributed by atoms with Crippen LogP contribution in [0, 0.1) is 40.4 Å². The van der Waals surface area contributed by atoms with Crippen LogP contribution < -0.4 is 0 Å². The molecule has 0 aromatic rings. The highest BCUT2D eigenvalue weighted by Gasteiger charge is 2.87. The summed E-state index contributed by atoms with van der Waals surface area (Å²) in [5.74, 6) is -1.29. The molecule has 6 fully saturated rings. The fourth-order valence-electron chi connectivity index (χ4n) is 10.7. The van der Waals surface area contributed by atoms with E-state index in [2.05, 4.69) is 11.8 Å². The van der Waals surface area contributed by atoms with Crippen LogP contribution in [0.5, 0.6) is 0 Å². The number of fused-ring (bicyclic) bond motifs is 2. The smallest absolute Gasteiger partial charge is 0.110 e. The molecule has 0 aromatic heterocycles. The normalized spacial score (nSPS) is 62.4. The molecule has 4 N–H and O–H groups in total. The molecule has 6 rings (SSSR count). The summed E-state index contributed by atoms with van der Waals surface area (Å²) >= 11 is 0. The fraction of sp³-hybridized carbons (Fsp3) is 1.00. The number of hydrogen-bond acceptors (Lipinski definition) is 8. The van der Waals surface area contributed by atoms with Crippen LogP contribution in [0.15, 0.2) is 0 Å². The SMILES string of the molecule is CCN1C[C@]2(COC)CC[C@H](O)C34C1C([C@H](OC)[C@@H]32)[C@]1(O)[C@@H]2[C@H]4CC([C@@H](OC)[C@@H]1O)[C@@H]2O. The molecule has 4 unspecified atom stereocenters. The molecule has 1 heterocycles. The van der Waals surface area contributed by atoms with Gasteiger partial charge in [-0.25, -0.2) is 0 Å². The third-order valence-corrected chi connectivity index (χ3v) is 11.2. The summed E-state index contributed by atoms with van der Waals surface area (Å²) in [6, 6.07) is -0.120. The Morgan fingerprint density at radius 3 is 2.38 bits per heavy atom. The highest BCUT2D eigenvalue weighted by Crippen LogP contribution is 2.79. The van der Waals surface area contributed by atoms with Gasteiger partial charge in [0.1, 0.15) is 11.7 Å². The lowest BCUT2D eigenvalue weighted by Crippen LogP contribution is -2.78. The molecule has 182 valence electrons. The van der Waals surface area contributed by atoms with Crippen molar-refractivity contribution in [1.82, 2.24) is 4.90 Å². The van der Waals surface area contributed by atoms with E-state index in [9.17, 15) is 20.4 Å². The van der Waals surface area contributed by atoms with E-state index in [0.29, 0.717) is 19.4 Å². The standard InChI is InChI=1S/C24H39NO7/c1-5-25-9-22(10-30-2)7-6-13(26)23-12-8-11-16(27)14(12)24(29,21(28)17(11)31-3)15(20(23)25)18(32-4)19(22)23/h11-21,26-29H,5-10H2,1-4H3/t11?,12-,13+,14-,15?,16+,17-,18+,19-,20?,21+,22+,23?,24-/m1/s1. The summed E-state index contributed by atoms with van der Waals surface area (Å²) in [7, 11) is 4.98. The summed E-state index contributed by atoms with van der Waals surface area (Å²) in [6.07, 6.45) is -1.22. The molecule has 6 aliphatic rings. The van der Waals surface area contributed by atoms with Crippen molar-refractivity contribution in [2.24, 2.45) is 40.4 Å². The van der Waals surface area contributed by atoms with Gasteiger partial charge in [0.05, 0.1) is 31.0 Å². The molecule has 5 saturated carbocycles. The molecule has 1 spiro atoms. The average molecular weight is 454 g/mol. The van der Waals surface area contributed by atoms with Gasteiger partial charge in [0, 0.05) is 68.4 Å². The third-order valence-electron chi connectivity index (χ3n) is 11.2. The molecular weight excluding hydrogens is 414 g/mol. The molecule has 1 aliphatic heterocycles. The second-order valence-electron chi connectivity index (χ2n) is 11.6. The summed E-state index contributed by atoms with van der Waals surface area (Å²) in [5.41, 5.74) is -2.24. The first kappa shape index (κ1) is 22.2. The van der Waals surface area contributed by atoms with Gasteiger partial charge in [0.25, 0.3) is 0 Å². The highest BCUT2D eigenvalue weighted by atomic mass is 16.5. The first-order valence-corrected chi connectivity index (χ1v) is 12.3. The van der Waals surface area contributed by atoms with Gasteiger partial charge in [-0.1, -0.05) is 6.92 Å². The van der Waals surface area contributed by atoms with E-state index < -0.39 is 47.3 Å². The Balaban J connectivity index is 1.64. The number of ether oxygens (including phenoxy) is 3. The predicted molar refractivity (Wildman–Crippen MR) is 114 cm³/mol. The minimum Gasteiger partial charge on any atom is -0.392 e. The van der Waals surface area contributed by atoms with Crippen molar-refractivity contribution in [2.75, 3.05) is 41.0 Å². The van der Waals surface area contributed by atoms with E-state index in [-0.39, 0.29) is 35.3 Å². The summed E-state index contributed by atoms with van der Waals surface area (Å²) in [5, 5.41) is 47.3. The first-order chi connectivity index (χ1) is 15.3. The van der Waals surface area contributed by atoms with Crippen LogP contribution in [-0.2, 0) is 14.2 Å². The van der Waals surface area contributed by atoms with E-state index in [1.807, 2.05) is 0 Å². The third kappa shape index (κ3) is 2.07. The Hall–Kier alpha value is -0.320. The van der Waals surface area contributed by atoms with Crippen molar-refractivity contribution < 1.29 is 34.6 Å². The lowest BCUT2D eigenvalue weighted by Gasteiger charge is -2.69. The number of hydrogen-bond donors (Lipinski definition) is 4. The second kappa shape index (κ2) is 6.88. The topological polar surface area (TPSA) is 112 Å². The van der Waals surface area contributed by atoms with E-state index in [0.717, 1.165) is 19.5 Å². The molecule has 32 heavy (non-hydrogen) atoms. The van der Waals surface area contributed by atoms with Crippen molar-refractivity contribution in [1.29, 1.82) is 0 Å². The van der Waals surface area contributed by atoms with Crippen molar-refractivity contribution in [2.45, 2.75) is 68.3 Å². The van der Waals surface area contributed by atoms with Gasteiger partial charge in [0.2, 0.25) is 0 Å². The molecule has 0 radical (unpaired) electrons. The zero-order valence-corrected chi connectivity index (χ0v) is 19.6. The van der Waals surface area contributed by atoms with Crippen LogP contribution >= 0.6 is 0 Å². The van der Waals surface area contributed by atoms with Gasteiger partial charge >= 0.3 is 0 Å². The molecule has 0 aromatic carbocycles. The molecule has 0 amide bonds. The monoisotopic (exact) mass is 453 g/mol. The Labute approximate surface area is 189 Å². The van der Waals surface area contributed by atoms with Crippen LogP contribution in [0.4, 0.5) is 0 Å². The maximum Gasteiger partial charge on any atom is 0.110 e. The van der Waals surface area contributed by atoms with Crippen LogP contribution in [0.3, 0.4) is 0 Å². The number of piperidine rings is 1. The second-order valence-corrected chi connectivity index (χ2v) is 11.6. The van der Waals surface area contributed by atoms with Crippen molar-refractivity contribution >= 4 is 0 Å². The molecule has 8 nitrogen and oxygen atoms in total. The summed E-state index contributed by atoms with van der Waals surface area (Å²) in [6.45, 7) is 4.33. The number of aliphatic hydroxyl groups excluding tert-OH is 3. The van der Waals surface area contributed by atoms with Gasteiger partial charge in [0.15, 0.2) is 0 Å². The molecule has 14 atom stereocenters. The van der Waals surface area contributed by atoms with Crippen LogP contribution in [0.25, 0.3) is 0 Å². The Bertz CT molecular complexity index is 783. The summed E-state index contributed by atoms with van der Waals surface area (Å²) < 4.78 is 17.7. The minimum atomic E-state index is -1.54. The lowest BCUT2D eigenvalue weighted by atomic mass is 9.43. The zero-order valence-electron chi connectivity index (χ0n) is 19.6. The fourth-order valence-corrected chi connectivity index (χ4v) is 10.7. The van der Waals surface area contributed by atoms with E-state index >= 15 is 0 Å². The molecule has 7 bridgehead atoms. The van der Waals surface area contributed by atoms with Gasteiger partial charge in [-0.3, -0.25) is 4.90 Å². The highest BCUT2D eigenvalue weighted by molar-refractivity contribution is 5.36. The molecule has 8 heteroatoms. The van der Waals surface area contributed by atoms with Crippen LogP contribution in [0.2, 0.25) is 0 Å². The van der Waals surface area contributed by atoms with Gasteiger partial charge < -0.3 is 34.6 Å². The number of rotatable bonds is 5. The van der Waals surface area contributed by atoms with Gasteiger partial charge in [-0.2, -0.15) is 0 Å². The number of nitrogens with zero attached hydrogens (tertiary/aromatic N) is 1. The Morgan fingerprint density at radius 2 is 1.75 bits per heavy atom. The van der Waals surface area contributed by atoms with Gasteiger partial charge in [-0.15, -0.1) is 0 Å². The minimum absolute atomic E-state index is 0.000250. The maximum atomic E-state index is 12.5. The van der Waals surface area contributed by atoms with Crippen LogP contribution in [-0.4, -0.2) is 109 Å². The Kier molecular flexibility index (Phi) is 4.76. The summed E-state index contributed by atoms with van der Waals surface area (Å²) in [4.78, 5) is 2.42. The Morgan fingerprint density at radius 1 is 1.03 bits per heavy atom. The number of methoxy groups -OCH3 is 3. The quantitative estimate of drug-likeness (QED) is 0.440. The maximum absolute atomic E-state index is 12.5. The number of likely N-dealkylation sites (tertiary alicyclic amines) is 1. The van der Waals surface area contributed by atoms with Gasteiger partial charge in [-0.05, 0) is 31.7 Å². The molecule has 5 aliphatic carbocycles. The van der Waals surface area contributed by atoms with E-state index in [4.69, 9.17) is 14.2 Å². The van der Waals surface area contributed by atoms with E-state index in [1.54, 1.807) is 21.3 Å². The molecule has 1 saturated heterocycles. The lowest BCUT2D eigenvalue weighted by molar-refractivity contribution is -0.297. The first-order valence-electron chi connectivity index (χ1n) is 12.3. The predicted octanol–water partition coefficient (Wildman–Crippen LogP) is -0.527. The average Bonchev–Trinajstić information content (AvgIpc) is 3.19. The largest absolute Gasteiger partial charge is 0.392 e.